The molecule has 0 amide bonds. The number of fused-ring (bicyclic) bond motifs is 1. The second-order valence-electron chi connectivity index (χ2n) is 6.23. The number of rotatable bonds is 4. The van der Waals surface area contributed by atoms with Crippen molar-refractivity contribution >= 4 is 10.8 Å². The van der Waals surface area contributed by atoms with Gasteiger partial charge in [-0.1, -0.05) is 50.1 Å². The van der Waals surface area contributed by atoms with Crippen LogP contribution in [-0.4, -0.2) is 12.2 Å². The van der Waals surface area contributed by atoms with E-state index in [4.69, 9.17) is 4.74 Å². The van der Waals surface area contributed by atoms with Crippen LogP contribution in [0.15, 0.2) is 36.4 Å². The van der Waals surface area contributed by atoms with Gasteiger partial charge >= 0.3 is 0 Å². The highest BCUT2D eigenvalue weighted by molar-refractivity contribution is 5.91. The molecule has 1 unspecified atom stereocenters. The Hall–Kier alpha value is -1.54. The van der Waals surface area contributed by atoms with Gasteiger partial charge in [0, 0.05) is 10.8 Å². The van der Waals surface area contributed by atoms with Crippen molar-refractivity contribution in [3.8, 4) is 5.75 Å². The van der Waals surface area contributed by atoms with Gasteiger partial charge < -0.3 is 9.84 Å². The highest BCUT2D eigenvalue weighted by Gasteiger charge is 2.40. The van der Waals surface area contributed by atoms with Crippen LogP contribution in [0.5, 0.6) is 5.75 Å². The first-order valence-electron chi connectivity index (χ1n) is 7.95. The van der Waals surface area contributed by atoms with Gasteiger partial charge in [0.1, 0.15) is 5.75 Å². The Balaban J connectivity index is 2.12. The van der Waals surface area contributed by atoms with Crippen LogP contribution in [0.1, 0.15) is 50.7 Å². The Morgan fingerprint density at radius 1 is 1.10 bits per heavy atom. The maximum absolute atomic E-state index is 11.1. The van der Waals surface area contributed by atoms with Crippen LogP contribution in [0.2, 0.25) is 0 Å². The van der Waals surface area contributed by atoms with Crippen molar-refractivity contribution in [2.24, 2.45) is 5.41 Å². The van der Waals surface area contributed by atoms with Gasteiger partial charge in [-0.2, -0.15) is 0 Å². The third-order valence-electron chi connectivity index (χ3n) is 5.32. The van der Waals surface area contributed by atoms with Gasteiger partial charge in [-0.3, -0.25) is 0 Å². The second-order valence-corrected chi connectivity index (χ2v) is 6.23. The number of aliphatic hydroxyl groups is 1. The molecule has 3 rings (SSSR count). The van der Waals surface area contributed by atoms with Gasteiger partial charge in [0.25, 0.3) is 0 Å². The fraction of sp³-hybridized carbons (Fsp3) is 0.474. The molecular formula is C19H24O2. The Bertz CT molecular complexity index is 626. The zero-order valence-corrected chi connectivity index (χ0v) is 12.9. The lowest BCUT2D eigenvalue weighted by Gasteiger charge is -2.34. The van der Waals surface area contributed by atoms with E-state index in [2.05, 4.69) is 19.1 Å². The van der Waals surface area contributed by atoms with Crippen LogP contribution in [0, 0.1) is 5.41 Å². The molecule has 2 heteroatoms. The van der Waals surface area contributed by atoms with Gasteiger partial charge in [0.15, 0.2) is 0 Å². The van der Waals surface area contributed by atoms with Crippen LogP contribution >= 0.6 is 0 Å². The van der Waals surface area contributed by atoms with Crippen LogP contribution in [0.25, 0.3) is 10.8 Å². The normalized spacial score (nSPS) is 18.8. The lowest BCUT2D eigenvalue weighted by Crippen LogP contribution is -2.25. The Morgan fingerprint density at radius 3 is 2.38 bits per heavy atom. The predicted molar refractivity (Wildman–Crippen MR) is 86.7 cm³/mol. The summed E-state index contributed by atoms with van der Waals surface area (Å²) in [4.78, 5) is 0. The van der Waals surface area contributed by atoms with Gasteiger partial charge in [-0.05, 0) is 36.3 Å². The molecule has 0 saturated heterocycles. The minimum absolute atomic E-state index is 0.0529. The quantitative estimate of drug-likeness (QED) is 0.869. The summed E-state index contributed by atoms with van der Waals surface area (Å²) in [5, 5.41) is 13.3. The van der Waals surface area contributed by atoms with Gasteiger partial charge in [-0.15, -0.1) is 0 Å². The molecule has 0 bridgehead atoms. The maximum atomic E-state index is 11.1. The first kappa shape index (κ1) is 14.4. The molecule has 0 aliphatic heterocycles. The summed E-state index contributed by atoms with van der Waals surface area (Å²) < 4.78 is 5.46. The third-order valence-corrected chi connectivity index (χ3v) is 5.32. The van der Waals surface area contributed by atoms with Gasteiger partial charge in [0.2, 0.25) is 0 Å². The largest absolute Gasteiger partial charge is 0.496 e. The summed E-state index contributed by atoms with van der Waals surface area (Å²) in [6, 6.07) is 12.2. The molecule has 112 valence electrons. The molecule has 1 N–H and O–H groups in total. The summed E-state index contributed by atoms with van der Waals surface area (Å²) >= 11 is 0. The van der Waals surface area contributed by atoms with Crippen molar-refractivity contribution in [2.75, 3.05) is 7.11 Å². The maximum Gasteiger partial charge on any atom is 0.126 e. The topological polar surface area (TPSA) is 29.5 Å². The average Bonchev–Trinajstić information content (AvgIpc) is 3.03. The minimum atomic E-state index is -0.388. The van der Waals surface area contributed by atoms with E-state index >= 15 is 0 Å². The molecule has 0 aromatic heterocycles. The van der Waals surface area contributed by atoms with E-state index in [9.17, 15) is 5.11 Å². The Kier molecular flexibility index (Phi) is 3.90. The fourth-order valence-electron chi connectivity index (χ4n) is 3.94. The first-order valence-corrected chi connectivity index (χ1v) is 7.95. The summed E-state index contributed by atoms with van der Waals surface area (Å²) in [5.74, 6) is 0.874. The summed E-state index contributed by atoms with van der Waals surface area (Å²) in [7, 11) is 1.70. The zero-order chi connectivity index (χ0) is 14.9. The van der Waals surface area contributed by atoms with Gasteiger partial charge in [0.05, 0.1) is 13.2 Å². The minimum Gasteiger partial charge on any atom is -0.496 e. The molecule has 0 spiro atoms. The third kappa shape index (κ3) is 2.32. The molecule has 21 heavy (non-hydrogen) atoms. The molecule has 1 saturated carbocycles. The standard InChI is InChI=1S/C19H24O2/c1-3-19(12-6-7-13-19)18(20)16-10-11-17(21-2)15-9-5-4-8-14(15)16/h4-5,8-11,18,20H,3,6-7,12-13H2,1-2H3. The lowest BCUT2D eigenvalue weighted by atomic mass is 9.74. The fourth-order valence-corrected chi connectivity index (χ4v) is 3.94. The van der Waals surface area contributed by atoms with Crippen molar-refractivity contribution in [3.63, 3.8) is 0 Å². The number of hydrogen-bond donors (Lipinski definition) is 1. The smallest absolute Gasteiger partial charge is 0.126 e. The van der Waals surface area contributed by atoms with Crippen molar-refractivity contribution in [1.29, 1.82) is 0 Å². The van der Waals surface area contributed by atoms with E-state index in [-0.39, 0.29) is 11.5 Å². The Labute approximate surface area is 126 Å². The van der Waals surface area contributed by atoms with Crippen molar-refractivity contribution in [1.82, 2.24) is 0 Å². The predicted octanol–water partition coefficient (Wildman–Crippen LogP) is 4.85. The van der Waals surface area contributed by atoms with E-state index in [1.165, 1.54) is 12.8 Å². The number of benzene rings is 2. The molecule has 2 aromatic carbocycles. The second kappa shape index (κ2) is 5.69. The lowest BCUT2D eigenvalue weighted by molar-refractivity contribution is 0.0248. The molecule has 1 fully saturated rings. The van der Waals surface area contributed by atoms with E-state index in [1.807, 2.05) is 24.3 Å². The van der Waals surface area contributed by atoms with E-state index in [0.29, 0.717) is 0 Å². The van der Waals surface area contributed by atoms with Crippen LogP contribution in [0.3, 0.4) is 0 Å². The average molecular weight is 284 g/mol. The summed E-state index contributed by atoms with van der Waals surface area (Å²) in [5.41, 5.74) is 1.10. The molecule has 0 heterocycles. The van der Waals surface area contributed by atoms with E-state index < -0.39 is 0 Å². The first-order chi connectivity index (χ1) is 10.2. The SMILES string of the molecule is CCC1(C(O)c2ccc(OC)c3ccccc23)CCCC1. The highest BCUT2D eigenvalue weighted by Crippen LogP contribution is 2.51. The number of ether oxygens (including phenoxy) is 1. The van der Waals surface area contributed by atoms with Crippen LogP contribution in [0.4, 0.5) is 0 Å². The monoisotopic (exact) mass is 284 g/mol. The number of hydrogen-bond acceptors (Lipinski definition) is 2. The summed E-state index contributed by atoms with van der Waals surface area (Å²) in [6.07, 6.45) is 5.38. The highest BCUT2D eigenvalue weighted by atomic mass is 16.5. The zero-order valence-electron chi connectivity index (χ0n) is 12.9. The van der Waals surface area contributed by atoms with Crippen molar-refractivity contribution in [2.45, 2.75) is 45.1 Å². The van der Waals surface area contributed by atoms with Crippen molar-refractivity contribution < 1.29 is 9.84 Å². The molecule has 1 aliphatic carbocycles. The molecular weight excluding hydrogens is 260 g/mol. The van der Waals surface area contributed by atoms with E-state index in [1.54, 1.807) is 7.11 Å². The summed E-state index contributed by atoms with van der Waals surface area (Å²) in [6.45, 7) is 2.21. The van der Waals surface area contributed by atoms with Gasteiger partial charge in [-0.25, -0.2) is 0 Å². The van der Waals surface area contributed by atoms with Crippen LogP contribution < -0.4 is 4.74 Å². The Morgan fingerprint density at radius 2 is 1.76 bits per heavy atom. The van der Waals surface area contributed by atoms with Crippen LogP contribution in [-0.2, 0) is 0 Å². The molecule has 2 nitrogen and oxygen atoms in total. The van der Waals surface area contributed by atoms with E-state index in [0.717, 1.165) is 41.3 Å². The number of aliphatic hydroxyl groups excluding tert-OH is 1. The molecule has 0 radical (unpaired) electrons. The molecule has 2 aromatic rings. The molecule has 1 aliphatic rings. The molecule has 1 atom stereocenters. The van der Waals surface area contributed by atoms with Crippen molar-refractivity contribution in [3.05, 3.63) is 42.0 Å². The number of methoxy groups -OCH3 is 1.